The molecule has 0 spiro atoms. The van der Waals surface area contributed by atoms with Gasteiger partial charge in [-0.25, -0.2) is 4.39 Å². The molecule has 0 aliphatic heterocycles. The van der Waals surface area contributed by atoms with Crippen molar-refractivity contribution in [1.82, 2.24) is 0 Å². The lowest BCUT2D eigenvalue weighted by Crippen LogP contribution is -2.26. The van der Waals surface area contributed by atoms with Gasteiger partial charge in [0.15, 0.2) is 0 Å². The Balaban J connectivity index is 3.12. The monoisotopic (exact) mass is 259 g/mol. The average molecular weight is 260 g/mol. The van der Waals surface area contributed by atoms with Crippen LogP contribution in [-0.2, 0) is 0 Å². The Morgan fingerprint density at radius 1 is 1.36 bits per heavy atom. The Labute approximate surface area is 92.6 Å². The van der Waals surface area contributed by atoms with Gasteiger partial charge in [0, 0.05) is 10.5 Å². The number of halogens is 2. The first-order valence-electron chi connectivity index (χ1n) is 4.53. The molecule has 0 aromatic heterocycles. The van der Waals surface area contributed by atoms with Crippen LogP contribution in [0.3, 0.4) is 0 Å². The molecular formula is C11H15BrFN. The van der Waals surface area contributed by atoms with Crippen molar-refractivity contribution in [3.63, 3.8) is 0 Å². The second-order valence-electron chi connectivity index (χ2n) is 4.51. The van der Waals surface area contributed by atoms with Crippen molar-refractivity contribution in [2.75, 3.05) is 0 Å². The maximum atomic E-state index is 13.0. The van der Waals surface area contributed by atoms with Crippen LogP contribution in [0.25, 0.3) is 0 Å². The molecule has 2 N–H and O–H groups in total. The minimum atomic E-state index is -0.247. The van der Waals surface area contributed by atoms with Gasteiger partial charge in [-0.3, -0.25) is 0 Å². The van der Waals surface area contributed by atoms with Crippen LogP contribution in [0.5, 0.6) is 0 Å². The number of hydrogen-bond acceptors (Lipinski definition) is 1. The Bertz CT molecular complexity index is 331. The van der Waals surface area contributed by atoms with E-state index in [-0.39, 0.29) is 17.3 Å². The lowest BCUT2D eigenvalue weighted by Gasteiger charge is -2.28. The largest absolute Gasteiger partial charge is 0.323 e. The van der Waals surface area contributed by atoms with Gasteiger partial charge in [-0.2, -0.15) is 0 Å². The third kappa shape index (κ3) is 2.55. The van der Waals surface area contributed by atoms with Crippen molar-refractivity contribution in [2.45, 2.75) is 26.8 Å². The van der Waals surface area contributed by atoms with Gasteiger partial charge in [0.1, 0.15) is 5.82 Å². The van der Waals surface area contributed by atoms with Gasteiger partial charge in [-0.1, -0.05) is 36.7 Å². The number of nitrogens with two attached hydrogens (primary N) is 1. The zero-order valence-electron chi connectivity index (χ0n) is 8.64. The SMILES string of the molecule is CC(C)(C)[C@H](N)c1cc(F)ccc1Br. The van der Waals surface area contributed by atoms with E-state index in [0.717, 1.165) is 10.0 Å². The molecule has 78 valence electrons. The van der Waals surface area contributed by atoms with Crippen LogP contribution in [0.4, 0.5) is 4.39 Å². The quantitative estimate of drug-likeness (QED) is 0.819. The molecule has 0 saturated carbocycles. The smallest absolute Gasteiger partial charge is 0.123 e. The van der Waals surface area contributed by atoms with E-state index in [1.54, 1.807) is 6.07 Å². The molecule has 0 amide bonds. The predicted octanol–water partition coefficient (Wildman–Crippen LogP) is 3.63. The zero-order chi connectivity index (χ0) is 10.9. The fourth-order valence-corrected chi connectivity index (χ4v) is 1.71. The molecule has 0 heterocycles. The Morgan fingerprint density at radius 3 is 2.43 bits per heavy atom. The van der Waals surface area contributed by atoms with E-state index < -0.39 is 0 Å². The van der Waals surface area contributed by atoms with Crippen LogP contribution in [0.2, 0.25) is 0 Å². The summed E-state index contributed by atoms with van der Waals surface area (Å²) in [5, 5.41) is 0. The van der Waals surface area contributed by atoms with E-state index in [1.807, 2.05) is 20.8 Å². The second-order valence-corrected chi connectivity index (χ2v) is 5.36. The molecule has 1 aromatic rings. The summed E-state index contributed by atoms with van der Waals surface area (Å²) in [6.07, 6.45) is 0. The van der Waals surface area contributed by atoms with Gasteiger partial charge in [0.05, 0.1) is 0 Å². The van der Waals surface area contributed by atoms with Crippen LogP contribution < -0.4 is 5.73 Å². The molecule has 0 radical (unpaired) electrons. The van der Waals surface area contributed by atoms with E-state index in [1.165, 1.54) is 12.1 Å². The van der Waals surface area contributed by atoms with Crippen LogP contribution in [-0.4, -0.2) is 0 Å². The third-order valence-corrected chi connectivity index (χ3v) is 2.95. The maximum absolute atomic E-state index is 13.0. The summed E-state index contributed by atoms with van der Waals surface area (Å²) in [7, 11) is 0. The van der Waals surface area contributed by atoms with Crippen LogP contribution >= 0.6 is 15.9 Å². The van der Waals surface area contributed by atoms with Crippen LogP contribution in [0.1, 0.15) is 32.4 Å². The molecule has 0 aliphatic carbocycles. The third-order valence-electron chi connectivity index (χ3n) is 2.23. The second kappa shape index (κ2) is 3.99. The first-order chi connectivity index (χ1) is 6.32. The van der Waals surface area contributed by atoms with Crippen molar-refractivity contribution < 1.29 is 4.39 Å². The maximum Gasteiger partial charge on any atom is 0.123 e. The number of hydrogen-bond donors (Lipinski definition) is 1. The zero-order valence-corrected chi connectivity index (χ0v) is 10.2. The van der Waals surface area contributed by atoms with Crippen molar-refractivity contribution in [3.8, 4) is 0 Å². The van der Waals surface area contributed by atoms with E-state index in [4.69, 9.17) is 5.73 Å². The minimum absolute atomic E-state index is 0.0731. The highest BCUT2D eigenvalue weighted by molar-refractivity contribution is 9.10. The fourth-order valence-electron chi connectivity index (χ4n) is 1.22. The normalized spacial score (nSPS) is 14.1. The van der Waals surface area contributed by atoms with Gasteiger partial charge >= 0.3 is 0 Å². The first kappa shape index (κ1) is 11.7. The highest BCUT2D eigenvalue weighted by Crippen LogP contribution is 2.34. The van der Waals surface area contributed by atoms with E-state index >= 15 is 0 Å². The predicted molar refractivity (Wildman–Crippen MR) is 60.5 cm³/mol. The van der Waals surface area contributed by atoms with Crippen LogP contribution in [0.15, 0.2) is 22.7 Å². The molecule has 0 fully saturated rings. The van der Waals surface area contributed by atoms with Gasteiger partial charge in [0.2, 0.25) is 0 Å². The highest BCUT2D eigenvalue weighted by Gasteiger charge is 2.24. The van der Waals surface area contributed by atoms with Crippen molar-refractivity contribution >= 4 is 15.9 Å². The molecule has 1 nitrogen and oxygen atoms in total. The lowest BCUT2D eigenvalue weighted by molar-refractivity contribution is 0.325. The molecular weight excluding hydrogens is 245 g/mol. The molecule has 1 rings (SSSR count). The summed E-state index contributed by atoms with van der Waals surface area (Å²) < 4.78 is 13.9. The fraction of sp³-hybridized carbons (Fsp3) is 0.455. The van der Waals surface area contributed by atoms with E-state index in [0.29, 0.717) is 0 Å². The molecule has 0 bridgehead atoms. The Morgan fingerprint density at radius 2 is 1.93 bits per heavy atom. The van der Waals surface area contributed by atoms with Crippen molar-refractivity contribution in [1.29, 1.82) is 0 Å². The van der Waals surface area contributed by atoms with Crippen molar-refractivity contribution in [2.24, 2.45) is 11.1 Å². The van der Waals surface area contributed by atoms with Gasteiger partial charge in [0.25, 0.3) is 0 Å². The standard InChI is InChI=1S/C11H15BrFN/c1-11(2,3)10(14)8-6-7(13)4-5-9(8)12/h4-6,10H,14H2,1-3H3/t10-/m1/s1. The highest BCUT2D eigenvalue weighted by atomic mass is 79.9. The van der Waals surface area contributed by atoms with E-state index in [2.05, 4.69) is 15.9 Å². The summed E-state index contributed by atoms with van der Waals surface area (Å²) in [5.41, 5.74) is 6.79. The number of rotatable bonds is 1. The summed E-state index contributed by atoms with van der Waals surface area (Å²) in [4.78, 5) is 0. The van der Waals surface area contributed by atoms with E-state index in [9.17, 15) is 4.39 Å². The Hall–Kier alpha value is -0.410. The van der Waals surface area contributed by atoms with Gasteiger partial charge < -0.3 is 5.73 Å². The topological polar surface area (TPSA) is 26.0 Å². The van der Waals surface area contributed by atoms with Gasteiger partial charge in [-0.05, 0) is 29.2 Å². The molecule has 3 heteroatoms. The molecule has 0 aliphatic rings. The number of benzene rings is 1. The lowest BCUT2D eigenvalue weighted by atomic mass is 9.83. The molecule has 0 saturated heterocycles. The molecule has 0 unspecified atom stereocenters. The first-order valence-corrected chi connectivity index (χ1v) is 5.32. The van der Waals surface area contributed by atoms with Crippen molar-refractivity contribution in [3.05, 3.63) is 34.1 Å². The molecule has 14 heavy (non-hydrogen) atoms. The summed E-state index contributed by atoms with van der Waals surface area (Å²) in [6, 6.07) is 4.42. The summed E-state index contributed by atoms with van der Waals surface area (Å²) >= 11 is 3.38. The minimum Gasteiger partial charge on any atom is -0.323 e. The molecule has 1 aromatic carbocycles. The summed E-state index contributed by atoms with van der Waals surface area (Å²) in [6.45, 7) is 6.11. The average Bonchev–Trinajstić information content (AvgIpc) is 2.06. The van der Waals surface area contributed by atoms with Gasteiger partial charge in [-0.15, -0.1) is 0 Å². The Kier molecular flexibility index (Phi) is 3.32. The molecule has 1 atom stereocenters. The summed E-state index contributed by atoms with van der Waals surface area (Å²) in [5.74, 6) is -0.247. The van der Waals surface area contributed by atoms with Crippen LogP contribution in [0, 0.1) is 11.2 Å².